The van der Waals surface area contributed by atoms with E-state index in [0.717, 1.165) is 12.1 Å². The molecule has 0 N–H and O–H groups in total. The van der Waals surface area contributed by atoms with Gasteiger partial charge in [-0.1, -0.05) is 19.1 Å². The molecule has 3 aromatic rings. The SMILES string of the molecule is CCc1ccc(-c2cc(F)c(-c3cc(F)c(C(F)(F)F)c(F)c3)c(F)c2)c(F)c1. The predicted molar refractivity (Wildman–Crippen MR) is 91.5 cm³/mol. The lowest BCUT2D eigenvalue weighted by atomic mass is 9.96. The van der Waals surface area contributed by atoms with Gasteiger partial charge in [-0.2, -0.15) is 13.2 Å². The maximum atomic E-state index is 14.5. The summed E-state index contributed by atoms with van der Waals surface area (Å²) < 4.78 is 109. The van der Waals surface area contributed by atoms with Gasteiger partial charge in [-0.15, -0.1) is 0 Å². The molecule has 0 nitrogen and oxygen atoms in total. The summed E-state index contributed by atoms with van der Waals surface area (Å²) in [6.07, 6.45) is -4.76. The highest BCUT2D eigenvalue weighted by molar-refractivity contribution is 5.72. The van der Waals surface area contributed by atoms with Crippen LogP contribution in [0.5, 0.6) is 0 Å². The van der Waals surface area contributed by atoms with Gasteiger partial charge < -0.3 is 0 Å². The molecule has 0 fully saturated rings. The summed E-state index contributed by atoms with van der Waals surface area (Å²) in [4.78, 5) is 0. The maximum Gasteiger partial charge on any atom is 0.422 e. The fourth-order valence-corrected chi connectivity index (χ4v) is 3.01. The highest BCUT2D eigenvalue weighted by Crippen LogP contribution is 2.38. The molecule has 3 aromatic carbocycles. The largest absolute Gasteiger partial charge is 0.422 e. The first-order chi connectivity index (χ1) is 13.5. The third kappa shape index (κ3) is 3.97. The van der Waals surface area contributed by atoms with Crippen LogP contribution in [-0.4, -0.2) is 0 Å². The maximum absolute atomic E-state index is 14.5. The molecule has 0 radical (unpaired) electrons. The molecule has 0 bridgehead atoms. The molecule has 0 unspecified atom stereocenters. The van der Waals surface area contributed by atoms with E-state index < -0.39 is 52.0 Å². The van der Waals surface area contributed by atoms with Crippen LogP contribution in [0.4, 0.5) is 35.1 Å². The van der Waals surface area contributed by atoms with Gasteiger partial charge in [0, 0.05) is 5.56 Å². The summed E-state index contributed by atoms with van der Waals surface area (Å²) in [7, 11) is 0. The van der Waals surface area contributed by atoms with Gasteiger partial charge in [0.15, 0.2) is 0 Å². The molecule has 3 rings (SSSR count). The number of aryl methyl sites for hydroxylation is 1. The van der Waals surface area contributed by atoms with Crippen molar-refractivity contribution in [3.05, 3.63) is 82.7 Å². The molecule has 0 aliphatic rings. The molecule has 0 aromatic heterocycles. The molecule has 0 amide bonds. The Kier molecular flexibility index (Phi) is 5.38. The second-order valence-corrected chi connectivity index (χ2v) is 6.30. The summed E-state index contributed by atoms with van der Waals surface area (Å²) in [5.74, 6) is -7.34. The van der Waals surface area contributed by atoms with E-state index in [1.54, 1.807) is 13.0 Å². The van der Waals surface area contributed by atoms with Gasteiger partial charge in [0.1, 0.15) is 34.6 Å². The Morgan fingerprint density at radius 3 is 1.62 bits per heavy atom. The van der Waals surface area contributed by atoms with E-state index >= 15 is 0 Å². The van der Waals surface area contributed by atoms with Crippen LogP contribution in [0.25, 0.3) is 22.3 Å². The second kappa shape index (κ2) is 7.50. The van der Waals surface area contributed by atoms with Crippen molar-refractivity contribution in [2.24, 2.45) is 0 Å². The minimum absolute atomic E-state index is 0.101. The van der Waals surface area contributed by atoms with E-state index in [0.29, 0.717) is 12.0 Å². The van der Waals surface area contributed by atoms with Gasteiger partial charge in [-0.05, 0) is 53.4 Å². The average Bonchev–Trinajstić information content (AvgIpc) is 2.59. The predicted octanol–water partition coefficient (Wildman–Crippen LogP) is 7.30. The zero-order chi connectivity index (χ0) is 21.5. The molecule has 0 atom stereocenters. The summed E-state index contributed by atoms with van der Waals surface area (Å²) in [5, 5.41) is 0. The van der Waals surface area contributed by atoms with Gasteiger partial charge >= 0.3 is 6.18 Å². The number of alkyl halides is 3. The fraction of sp³-hybridized carbons (Fsp3) is 0.143. The molecule has 0 aliphatic heterocycles. The summed E-state index contributed by atoms with van der Waals surface area (Å²) in [6.45, 7) is 1.80. The highest BCUT2D eigenvalue weighted by Gasteiger charge is 2.38. The Labute approximate surface area is 160 Å². The molecule has 8 heteroatoms. The van der Waals surface area contributed by atoms with Crippen LogP contribution >= 0.6 is 0 Å². The van der Waals surface area contributed by atoms with Crippen LogP contribution in [0.15, 0.2) is 42.5 Å². The van der Waals surface area contributed by atoms with Gasteiger partial charge in [0.2, 0.25) is 0 Å². The number of benzene rings is 3. The molecular weight excluding hydrogens is 404 g/mol. The molecule has 0 heterocycles. The average molecular weight is 416 g/mol. The zero-order valence-electron chi connectivity index (χ0n) is 14.8. The van der Waals surface area contributed by atoms with Crippen LogP contribution in [0.2, 0.25) is 0 Å². The van der Waals surface area contributed by atoms with Crippen LogP contribution in [0, 0.1) is 29.1 Å². The molecule has 0 aliphatic carbocycles. The van der Waals surface area contributed by atoms with E-state index in [-0.39, 0.29) is 23.3 Å². The Morgan fingerprint density at radius 2 is 1.17 bits per heavy atom. The fourth-order valence-electron chi connectivity index (χ4n) is 3.01. The number of rotatable bonds is 3. The van der Waals surface area contributed by atoms with Gasteiger partial charge in [0.05, 0.1) is 5.56 Å². The van der Waals surface area contributed by atoms with E-state index in [4.69, 9.17) is 0 Å². The standard InChI is InChI=1S/C21H12F8/c1-2-10-3-4-13(14(22)5-10)11-6-15(23)19(16(24)7-11)12-8-17(25)20(18(26)9-12)21(27,28)29/h3-9H,2H2,1H3. The van der Waals surface area contributed by atoms with Crippen molar-refractivity contribution in [2.45, 2.75) is 19.5 Å². The third-order valence-electron chi connectivity index (χ3n) is 4.41. The number of halogens is 8. The highest BCUT2D eigenvalue weighted by atomic mass is 19.4. The zero-order valence-corrected chi connectivity index (χ0v) is 14.8. The topological polar surface area (TPSA) is 0 Å². The first-order valence-electron chi connectivity index (χ1n) is 8.37. The Hall–Kier alpha value is -2.90. The van der Waals surface area contributed by atoms with Crippen molar-refractivity contribution in [3.63, 3.8) is 0 Å². The Morgan fingerprint density at radius 1 is 0.655 bits per heavy atom. The van der Waals surface area contributed by atoms with Crippen molar-refractivity contribution >= 4 is 0 Å². The number of hydrogen-bond donors (Lipinski definition) is 0. The normalized spacial score (nSPS) is 11.8. The minimum atomic E-state index is -5.31. The summed E-state index contributed by atoms with van der Waals surface area (Å²) >= 11 is 0. The van der Waals surface area contributed by atoms with Crippen molar-refractivity contribution in [1.29, 1.82) is 0 Å². The molecule has 0 spiro atoms. The summed E-state index contributed by atoms with van der Waals surface area (Å²) in [5.41, 5.74) is -3.44. The lowest BCUT2D eigenvalue weighted by molar-refractivity contribution is -0.142. The smallest absolute Gasteiger partial charge is 0.206 e. The van der Waals surface area contributed by atoms with E-state index in [9.17, 15) is 35.1 Å². The molecule has 0 saturated heterocycles. The van der Waals surface area contributed by atoms with Crippen LogP contribution in [0.3, 0.4) is 0 Å². The van der Waals surface area contributed by atoms with Crippen LogP contribution in [0.1, 0.15) is 18.1 Å². The van der Waals surface area contributed by atoms with Gasteiger partial charge in [-0.3, -0.25) is 0 Å². The first-order valence-corrected chi connectivity index (χ1v) is 8.37. The molecule has 152 valence electrons. The van der Waals surface area contributed by atoms with Crippen molar-refractivity contribution in [2.75, 3.05) is 0 Å². The van der Waals surface area contributed by atoms with E-state index in [1.807, 2.05) is 0 Å². The number of hydrogen-bond acceptors (Lipinski definition) is 0. The Balaban J connectivity index is 2.12. The first kappa shape index (κ1) is 20.8. The van der Waals surface area contributed by atoms with Crippen molar-refractivity contribution < 1.29 is 35.1 Å². The lowest BCUT2D eigenvalue weighted by Crippen LogP contribution is -2.11. The van der Waals surface area contributed by atoms with E-state index in [2.05, 4.69) is 0 Å². The second-order valence-electron chi connectivity index (χ2n) is 6.30. The quantitative estimate of drug-likeness (QED) is 0.393. The molecular formula is C21H12F8. The van der Waals surface area contributed by atoms with Crippen molar-refractivity contribution in [1.82, 2.24) is 0 Å². The van der Waals surface area contributed by atoms with Gasteiger partial charge in [-0.25, -0.2) is 22.0 Å². The van der Waals surface area contributed by atoms with E-state index in [1.165, 1.54) is 12.1 Å². The minimum Gasteiger partial charge on any atom is -0.206 e. The van der Waals surface area contributed by atoms with Crippen molar-refractivity contribution in [3.8, 4) is 22.3 Å². The third-order valence-corrected chi connectivity index (χ3v) is 4.41. The lowest BCUT2D eigenvalue weighted by Gasteiger charge is -2.13. The van der Waals surface area contributed by atoms with Crippen LogP contribution < -0.4 is 0 Å². The molecule has 29 heavy (non-hydrogen) atoms. The monoisotopic (exact) mass is 416 g/mol. The molecule has 0 saturated carbocycles. The Bertz CT molecular complexity index is 1040. The van der Waals surface area contributed by atoms with Gasteiger partial charge in [0.25, 0.3) is 0 Å². The summed E-state index contributed by atoms with van der Waals surface area (Å²) in [6, 6.07) is 6.00. The van der Waals surface area contributed by atoms with Crippen LogP contribution in [-0.2, 0) is 12.6 Å².